The van der Waals surface area contributed by atoms with E-state index in [9.17, 15) is 0 Å². The second kappa shape index (κ2) is 7.64. The van der Waals surface area contributed by atoms with Crippen LogP contribution in [0.3, 0.4) is 0 Å². The van der Waals surface area contributed by atoms with Crippen LogP contribution in [0.1, 0.15) is 33.6 Å². The van der Waals surface area contributed by atoms with Crippen LogP contribution in [0, 0.1) is 0 Å². The van der Waals surface area contributed by atoms with E-state index in [2.05, 4.69) is 37.8 Å². The fourth-order valence-corrected chi connectivity index (χ4v) is 1.76. The summed E-state index contributed by atoms with van der Waals surface area (Å²) in [5, 5.41) is 0. The van der Waals surface area contributed by atoms with Gasteiger partial charge in [-0.15, -0.1) is 0 Å². The third-order valence-corrected chi connectivity index (χ3v) is 2.89. The monoisotopic (exact) mass is 223 g/mol. The molecule has 0 aromatic carbocycles. The van der Waals surface area contributed by atoms with Gasteiger partial charge in [0.15, 0.2) is 0 Å². The van der Waals surface area contributed by atoms with Crippen molar-refractivity contribution in [3.05, 3.63) is 23.3 Å². The number of hydrogen-bond donors (Lipinski definition) is 0. The molecule has 1 fully saturated rings. The zero-order valence-corrected chi connectivity index (χ0v) is 11.0. The number of morpholine rings is 1. The molecule has 2 nitrogen and oxygen atoms in total. The van der Waals surface area contributed by atoms with Crippen LogP contribution < -0.4 is 0 Å². The van der Waals surface area contributed by atoms with E-state index in [1.807, 2.05) is 0 Å². The standard InChI is InChI=1S/C14H25NO/c1-13(2)5-4-6-14(3)7-8-15-9-11-16-12-10-15/h5,7H,4,6,8-12H2,1-3H3/b14-7-. The Bertz CT molecular complexity index is 245. The van der Waals surface area contributed by atoms with E-state index in [-0.39, 0.29) is 0 Å². The zero-order chi connectivity index (χ0) is 11.8. The highest BCUT2D eigenvalue weighted by atomic mass is 16.5. The van der Waals surface area contributed by atoms with Crippen molar-refractivity contribution in [1.29, 1.82) is 0 Å². The van der Waals surface area contributed by atoms with Gasteiger partial charge in [0.2, 0.25) is 0 Å². The average Bonchev–Trinajstić information content (AvgIpc) is 2.27. The molecule has 0 amide bonds. The molecule has 0 bridgehead atoms. The van der Waals surface area contributed by atoms with Crippen molar-refractivity contribution in [2.45, 2.75) is 33.6 Å². The number of ether oxygens (including phenoxy) is 1. The van der Waals surface area contributed by atoms with Crippen LogP contribution in [0.2, 0.25) is 0 Å². The largest absolute Gasteiger partial charge is 0.379 e. The van der Waals surface area contributed by atoms with Crippen molar-refractivity contribution in [2.75, 3.05) is 32.8 Å². The molecule has 0 N–H and O–H groups in total. The topological polar surface area (TPSA) is 12.5 Å². The molecule has 16 heavy (non-hydrogen) atoms. The van der Waals surface area contributed by atoms with Crippen LogP contribution in [0.25, 0.3) is 0 Å². The van der Waals surface area contributed by atoms with Gasteiger partial charge in [0, 0.05) is 19.6 Å². The molecule has 0 saturated carbocycles. The maximum atomic E-state index is 5.33. The second-order valence-electron chi connectivity index (χ2n) is 4.78. The second-order valence-corrected chi connectivity index (χ2v) is 4.78. The predicted molar refractivity (Wildman–Crippen MR) is 69.7 cm³/mol. The van der Waals surface area contributed by atoms with Gasteiger partial charge in [-0.3, -0.25) is 4.90 Å². The Morgan fingerprint density at radius 1 is 1.12 bits per heavy atom. The first kappa shape index (κ1) is 13.5. The van der Waals surface area contributed by atoms with E-state index in [0.29, 0.717) is 0 Å². The number of hydrogen-bond acceptors (Lipinski definition) is 2. The fourth-order valence-electron chi connectivity index (χ4n) is 1.76. The fraction of sp³-hybridized carbons (Fsp3) is 0.714. The van der Waals surface area contributed by atoms with Crippen LogP contribution in [-0.2, 0) is 4.74 Å². The molecule has 0 spiro atoms. The van der Waals surface area contributed by atoms with Gasteiger partial charge in [0.05, 0.1) is 13.2 Å². The molecule has 1 rings (SSSR count). The average molecular weight is 223 g/mol. The summed E-state index contributed by atoms with van der Waals surface area (Å²) >= 11 is 0. The summed E-state index contributed by atoms with van der Waals surface area (Å²) in [4.78, 5) is 2.45. The summed E-state index contributed by atoms with van der Waals surface area (Å²) in [7, 11) is 0. The molecule has 0 aromatic rings. The van der Waals surface area contributed by atoms with Gasteiger partial charge >= 0.3 is 0 Å². The molecule has 92 valence electrons. The lowest BCUT2D eigenvalue weighted by atomic mass is 10.1. The molecule has 0 aromatic heterocycles. The van der Waals surface area contributed by atoms with Crippen LogP contribution in [0.5, 0.6) is 0 Å². The highest BCUT2D eigenvalue weighted by Crippen LogP contribution is 2.07. The summed E-state index contributed by atoms with van der Waals surface area (Å²) in [6, 6.07) is 0. The van der Waals surface area contributed by atoms with Crippen LogP contribution >= 0.6 is 0 Å². The van der Waals surface area contributed by atoms with E-state index in [1.165, 1.54) is 24.0 Å². The first-order valence-electron chi connectivity index (χ1n) is 6.27. The molecule has 1 aliphatic heterocycles. The van der Waals surface area contributed by atoms with Gasteiger partial charge in [-0.05, 0) is 33.6 Å². The lowest BCUT2D eigenvalue weighted by Crippen LogP contribution is -2.36. The molecular formula is C14H25NO. The Hall–Kier alpha value is -0.600. The minimum absolute atomic E-state index is 0.894. The minimum Gasteiger partial charge on any atom is -0.379 e. The summed E-state index contributed by atoms with van der Waals surface area (Å²) in [6.07, 6.45) is 7.04. The molecular weight excluding hydrogens is 198 g/mol. The Morgan fingerprint density at radius 2 is 1.81 bits per heavy atom. The first-order valence-corrected chi connectivity index (χ1v) is 6.27. The maximum Gasteiger partial charge on any atom is 0.0594 e. The lowest BCUT2D eigenvalue weighted by Gasteiger charge is -2.25. The van der Waals surface area contributed by atoms with Crippen molar-refractivity contribution < 1.29 is 4.74 Å². The SMILES string of the molecule is CC(C)=CCC/C(C)=C\CN1CCOCC1. The van der Waals surface area contributed by atoms with Gasteiger partial charge in [-0.1, -0.05) is 23.3 Å². The summed E-state index contributed by atoms with van der Waals surface area (Å²) in [5.41, 5.74) is 2.92. The molecule has 0 radical (unpaired) electrons. The molecule has 0 aliphatic carbocycles. The van der Waals surface area contributed by atoms with E-state index in [1.54, 1.807) is 0 Å². The van der Waals surface area contributed by atoms with Crippen LogP contribution in [0.4, 0.5) is 0 Å². The highest BCUT2D eigenvalue weighted by molar-refractivity contribution is 5.03. The smallest absolute Gasteiger partial charge is 0.0594 e. The normalized spacial score (nSPS) is 18.6. The van der Waals surface area contributed by atoms with Gasteiger partial charge in [-0.25, -0.2) is 0 Å². The molecule has 1 saturated heterocycles. The number of nitrogens with zero attached hydrogens (tertiary/aromatic N) is 1. The summed E-state index contributed by atoms with van der Waals surface area (Å²) < 4.78 is 5.33. The van der Waals surface area contributed by atoms with Crippen molar-refractivity contribution in [3.63, 3.8) is 0 Å². The van der Waals surface area contributed by atoms with Crippen LogP contribution in [-0.4, -0.2) is 37.7 Å². The van der Waals surface area contributed by atoms with Crippen molar-refractivity contribution in [1.82, 2.24) is 4.90 Å². The van der Waals surface area contributed by atoms with Gasteiger partial charge in [0.1, 0.15) is 0 Å². The quantitative estimate of drug-likeness (QED) is 0.664. The van der Waals surface area contributed by atoms with E-state index < -0.39 is 0 Å². The summed E-state index contributed by atoms with van der Waals surface area (Å²) in [5.74, 6) is 0. The van der Waals surface area contributed by atoms with Crippen molar-refractivity contribution in [2.24, 2.45) is 0 Å². The minimum atomic E-state index is 0.894. The number of allylic oxidation sites excluding steroid dienone is 3. The van der Waals surface area contributed by atoms with Crippen molar-refractivity contribution >= 4 is 0 Å². The first-order chi connectivity index (χ1) is 7.68. The van der Waals surface area contributed by atoms with E-state index in [4.69, 9.17) is 4.74 Å². The number of rotatable bonds is 5. The van der Waals surface area contributed by atoms with Crippen LogP contribution in [0.15, 0.2) is 23.3 Å². The maximum absolute atomic E-state index is 5.33. The predicted octanol–water partition coefficient (Wildman–Crippen LogP) is 3.01. The third-order valence-electron chi connectivity index (χ3n) is 2.89. The third kappa shape index (κ3) is 6.09. The van der Waals surface area contributed by atoms with Gasteiger partial charge < -0.3 is 4.74 Å². The van der Waals surface area contributed by atoms with E-state index in [0.717, 1.165) is 32.8 Å². The Balaban J connectivity index is 2.19. The summed E-state index contributed by atoms with van der Waals surface area (Å²) in [6.45, 7) is 11.6. The molecule has 1 heterocycles. The van der Waals surface area contributed by atoms with Gasteiger partial charge in [-0.2, -0.15) is 0 Å². The van der Waals surface area contributed by atoms with Gasteiger partial charge in [0.25, 0.3) is 0 Å². The highest BCUT2D eigenvalue weighted by Gasteiger charge is 2.07. The Labute approximate surface area is 100.0 Å². The lowest BCUT2D eigenvalue weighted by molar-refractivity contribution is 0.0433. The molecule has 2 heteroatoms. The molecule has 0 unspecified atom stereocenters. The zero-order valence-electron chi connectivity index (χ0n) is 11.0. The Kier molecular flexibility index (Phi) is 6.43. The molecule has 0 atom stereocenters. The van der Waals surface area contributed by atoms with E-state index >= 15 is 0 Å². The van der Waals surface area contributed by atoms with Crippen molar-refractivity contribution in [3.8, 4) is 0 Å². The Morgan fingerprint density at radius 3 is 2.44 bits per heavy atom. The molecule has 1 aliphatic rings.